The number of rotatable bonds is 1. The number of hydrogen-bond acceptors (Lipinski definition) is 1. The van der Waals surface area contributed by atoms with Gasteiger partial charge in [-0.3, -0.25) is 0 Å². The van der Waals surface area contributed by atoms with E-state index in [1.54, 1.807) is 0 Å². The van der Waals surface area contributed by atoms with Crippen LogP contribution in [0, 0.1) is 11.8 Å². The maximum absolute atomic E-state index is 5.39. The van der Waals surface area contributed by atoms with Crippen molar-refractivity contribution in [1.29, 1.82) is 0 Å². The predicted octanol–water partition coefficient (Wildman–Crippen LogP) is 1.96. The van der Waals surface area contributed by atoms with Gasteiger partial charge in [0.15, 0.2) is 0 Å². The fraction of sp³-hybridized carbons (Fsp3) is 0.231. The Bertz CT molecular complexity index is 419. The van der Waals surface area contributed by atoms with Crippen LogP contribution in [0.3, 0.4) is 0 Å². The van der Waals surface area contributed by atoms with E-state index in [-0.39, 0.29) is 0 Å². The first kappa shape index (κ1) is 9.05. The molecule has 2 N–H and O–H groups in total. The van der Waals surface area contributed by atoms with Gasteiger partial charge in [0.1, 0.15) is 0 Å². The van der Waals surface area contributed by atoms with E-state index < -0.39 is 0 Å². The van der Waals surface area contributed by atoms with Gasteiger partial charge in [0.2, 0.25) is 0 Å². The van der Waals surface area contributed by atoms with Gasteiger partial charge in [-0.05, 0) is 23.6 Å². The summed E-state index contributed by atoms with van der Waals surface area (Å²) < 4.78 is 0. The highest BCUT2D eigenvalue weighted by Gasteiger charge is 2.07. The molecule has 1 aromatic carbocycles. The van der Waals surface area contributed by atoms with Crippen molar-refractivity contribution in [3.8, 4) is 11.8 Å². The maximum atomic E-state index is 5.39. The van der Waals surface area contributed by atoms with Crippen molar-refractivity contribution in [3.05, 3.63) is 41.0 Å². The van der Waals surface area contributed by atoms with Crippen LogP contribution in [0.25, 0.3) is 6.08 Å². The summed E-state index contributed by atoms with van der Waals surface area (Å²) in [6, 6.07) is 6.27. The monoisotopic (exact) mass is 183 g/mol. The van der Waals surface area contributed by atoms with Crippen molar-refractivity contribution < 1.29 is 0 Å². The molecule has 0 atom stereocenters. The third-order valence-electron chi connectivity index (χ3n) is 2.32. The summed E-state index contributed by atoms with van der Waals surface area (Å²) in [7, 11) is 0. The van der Waals surface area contributed by atoms with Crippen LogP contribution in [0.5, 0.6) is 0 Å². The summed E-state index contributed by atoms with van der Waals surface area (Å²) in [4.78, 5) is 0. The highest BCUT2D eigenvalue weighted by molar-refractivity contribution is 5.64. The fourth-order valence-corrected chi connectivity index (χ4v) is 1.64. The number of nitrogens with two attached hydrogens (primary N) is 1. The number of fused-ring (bicyclic) bond motifs is 1. The Balaban J connectivity index is 2.29. The molecule has 0 bridgehead atoms. The molecular formula is C13H13N. The average Bonchev–Trinajstić information content (AvgIpc) is 2.67. The molecule has 0 spiro atoms. The first-order valence-electron chi connectivity index (χ1n) is 4.89. The van der Waals surface area contributed by atoms with Crippen molar-refractivity contribution >= 4 is 6.08 Å². The van der Waals surface area contributed by atoms with Crippen LogP contribution in [0.2, 0.25) is 0 Å². The first-order valence-corrected chi connectivity index (χ1v) is 4.89. The second kappa shape index (κ2) is 4.13. The molecule has 1 aliphatic carbocycles. The van der Waals surface area contributed by atoms with E-state index in [4.69, 9.17) is 5.73 Å². The lowest BCUT2D eigenvalue weighted by Gasteiger charge is -2.00. The van der Waals surface area contributed by atoms with E-state index in [1.165, 1.54) is 11.1 Å². The van der Waals surface area contributed by atoms with Gasteiger partial charge in [0, 0.05) is 18.5 Å². The van der Waals surface area contributed by atoms with Crippen LogP contribution < -0.4 is 5.73 Å². The van der Waals surface area contributed by atoms with E-state index in [1.807, 2.05) is 0 Å². The highest BCUT2D eigenvalue weighted by Crippen LogP contribution is 2.22. The van der Waals surface area contributed by atoms with Gasteiger partial charge in [-0.25, -0.2) is 0 Å². The van der Waals surface area contributed by atoms with Gasteiger partial charge in [0.05, 0.1) is 0 Å². The minimum Gasteiger partial charge on any atom is -0.330 e. The molecule has 0 fully saturated rings. The van der Waals surface area contributed by atoms with E-state index in [0.29, 0.717) is 6.54 Å². The molecule has 1 nitrogen and oxygen atoms in total. The second-order valence-electron chi connectivity index (χ2n) is 3.32. The van der Waals surface area contributed by atoms with Crippen LogP contribution in [-0.4, -0.2) is 6.54 Å². The van der Waals surface area contributed by atoms with Gasteiger partial charge in [-0.15, -0.1) is 0 Å². The van der Waals surface area contributed by atoms with Crippen molar-refractivity contribution in [1.82, 2.24) is 0 Å². The zero-order chi connectivity index (χ0) is 9.80. The summed E-state index contributed by atoms with van der Waals surface area (Å²) >= 11 is 0. The molecule has 0 heterocycles. The summed E-state index contributed by atoms with van der Waals surface area (Å²) in [6.07, 6.45) is 6.13. The normalized spacial score (nSPS) is 12.1. The van der Waals surface area contributed by atoms with Gasteiger partial charge in [0.25, 0.3) is 0 Å². The minimum atomic E-state index is 0.639. The zero-order valence-electron chi connectivity index (χ0n) is 8.09. The minimum absolute atomic E-state index is 0.639. The Kier molecular flexibility index (Phi) is 2.67. The van der Waals surface area contributed by atoms with Crippen LogP contribution in [-0.2, 0) is 6.42 Å². The highest BCUT2D eigenvalue weighted by atomic mass is 14.5. The van der Waals surface area contributed by atoms with E-state index >= 15 is 0 Å². The third kappa shape index (κ3) is 1.71. The van der Waals surface area contributed by atoms with Gasteiger partial charge >= 0.3 is 0 Å². The largest absolute Gasteiger partial charge is 0.330 e. The van der Waals surface area contributed by atoms with E-state index in [2.05, 4.69) is 42.2 Å². The number of hydrogen-bond donors (Lipinski definition) is 1. The lowest BCUT2D eigenvalue weighted by Crippen LogP contribution is -1.95. The standard InChI is InChI=1S/C13H13N/c14-10-2-1-5-11-6-3-7-12-8-4-9-13(11)12/h3-4,6-8H,2,9-10,14H2. The molecule has 0 radical (unpaired) electrons. The lowest BCUT2D eigenvalue weighted by molar-refractivity contribution is 1.03. The molecule has 1 heteroatoms. The summed E-state index contributed by atoms with van der Waals surface area (Å²) in [5, 5.41) is 0. The Morgan fingerprint density at radius 1 is 1.36 bits per heavy atom. The van der Waals surface area contributed by atoms with E-state index in [9.17, 15) is 0 Å². The number of allylic oxidation sites excluding steroid dienone is 1. The molecule has 1 aliphatic rings. The fourth-order valence-electron chi connectivity index (χ4n) is 1.64. The van der Waals surface area contributed by atoms with Crippen molar-refractivity contribution in [2.45, 2.75) is 12.8 Å². The second-order valence-corrected chi connectivity index (χ2v) is 3.32. The molecule has 0 amide bonds. The average molecular weight is 183 g/mol. The Morgan fingerprint density at radius 2 is 2.29 bits per heavy atom. The summed E-state index contributed by atoms with van der Waals surface area (Å²) in [6.45, 7) is 0.639. The Hall–Kier alpha value is -1.52. The molecule has 0 saturated carbocycles. The molecule has 70 valence electrons. The molecular weight excluding hydrogens is 170 g/mol. The predicted molar refractivity (Wildman–Crippen MR) is 59.7 cm³/mol. The first-order chi connectivity index (χ1) is 6.92. The zero-order valence-corrected chi connectivity index (χ0v) is 8.09. The van der Waals surface area contributed by atoms with Crippen LogP contribution in [0.15, 0.2) is 24.3 Å². The summed E-state index contributed by atoms with van der Waals surface area (Å²) in [5.41, 5.74) is 9.21. The molecule has 0 unspecified atom stereocenters. The number of benzene rings is 1. The lowest BCUT2D eigenvalue weighted by atomic mass is 10.0. The van der Waals surface area contributed by atoms with Crippen LogP contribution in [0.4, 0.5) is 0 Å². The molecule has 14 heavy (non-hydrogen) atoms. The van der Waals surface area contributed by atoms with E-state index in [0.717, 1.165) is 18.4 Å². The summed E-state index contributed by atoms with van der Waals surface area (Å²) in [5.74, 6) is 6.25. The van der Waals surface area contributed by atoms with Gasteiger partial charge in [-0.1, -0.05) is 36.1 Å². The molecule has 2 rings (SSSR count). The molecule has 0 saturated heterocycles. The maximum Gasteiger partial charge on any atom is 0.0286 e. The Labute approximate surface area is 84.6 Å². The van der Waals surface area contributed by atoms with Gasteiger partial charge in [-0.2, -0.15) is 0 Å². The SMILES string of the molecule is NCCC#Cc1cccc2c1CC=C2. The topological polar surface area (TPSA) is 26.0 Å². The van der Waals surface area contributed by atoms with Crippen molar-refractivity contribution in [2.75, 3.05) is 6.54 Å². The van der Waals surface area contributed by atoms with Crippen LogP contribution in [0.1, 0.15) is 23.1 Å². The molecule has 0 aromatic heterocycles. The smallest absolute Gasteiger partial charge is 0.0286 e. The van der Waals surface area contributed by atoms with Crippen molar-refractivity contribution in [2.24, 2.45) is 5.73 Å². The molecule has 0 aliphatic heterocycles. The Morgan fingerprint density at radius 3 is 3.14 bits per heavy atom. The quantitative estimate of drug-likeness (QED) is 0.662. The molecule has 1 aromatic rings. The van der Waals surface area contributed by atoms with Crippen LogP contribution >= 0.6 is 0 Å². The van der Waals surface area contributed by atoms with Gasteiger partial charge < -0.3 is 5.73 Å². The third-order valence-corrected chi connectivity index (χ3v) is 2.32. The van der Waals surface area contributed by atoms with Crippen molar-refractivity contribution in [3.63, 3.8) is 0 Å².